The molecule has 27 heavy (non-hydrogen) atoms. The molecule has 0 aliphatic carbocycles. The fourth-order valence-corrected chi connectivity index (χ4v) is 2.88. The maximum atomic E-state index is 6.17. The number of hydrogen-bond donors (Lipinski definition) is 1. The number of nitrogens with zero attached hydrogens (tertiary/aromatic N) is 4. The number of imidazole rings is 1. The van der Waals surface area contributed by atoms with Crippen molar-refractivity contribution in [1.82, 2.24) is 19.5 Å². The van der Waals surface area contributed by atoms with E-state index < -0.39 is 0 Å². The second-order valence-corrected chi connectivity index (χ2v) is 6.96. The third kappa shape index (κ3) is 5.05. The van der Waals surface area contributed by atoms with Gasteiger partial charge in [-0.2, -0.15) is 0 Å². The van der Waals surface area contributed by atoms with Crippen LogP contribution in [0.3, 0.4) is 0 Å². The molecule has 0 aliphatic heterocycles. The molecule has 0 atom stereocenters. The second-order valence-electron chi connectivity index (χ2n) is 6.53. The van der Waals surface area contributed by atoms with Gasteiger partial charge in [-0.05, 0) is 38.0 Å². The zero-order chi connectivity index (χ0) is 19.2. The molecule has 0 bridgehead atoms. The fraction of sp³-hybridized carbons (Fsp3) is 0.350. The Morgan fingerprint density at radius 3 is 2.81 bits per heavy atom. The molecule has 2 heterocycles. The van der Waals surface area contributed by atoms with E-state index in [9.17, 15) is 0 Å². The summed E-state index contributed by atoms with van der Waals surface area (Å²) in [5.74, 6) is 1.35. The highest BCUT2D eigenvalue weighted by Crippen LogP contribution is 2.31. The van der Waals surface area contributed by atoms with Crippen LogP contribution in [0.15, 0.2) is 42.9 Å². The summed E-state index contributed by atoms with van der Waals surface area (Å²) in [6.45, 7) is 5.51. The molecule has 1 N–H and O–H groups in total. The quantitative estimate of drug-likeness (QED) is 0.581. The SMILES string of the molecule is CC(C)OCCCNc1ncc(-c2cccc(Cl)c2)c(-c2nccn2C)n1. The van der Waals surface area contributed by atoms with E-state index in [4.69, 9.17) is 21.3 Å². The average molecular weight is 386 g/mol. The van der Waals surface area contributed by atoms with E-state index in [1.807, 2.05) is 62.1 Å². The summed E-state index contributed by atoms with van der Waals surface area (Å²) in [6.07, 6.45) is 6.60. The molecule has 0 amide bonds. The Kier molecular flexibility index (Phi) is 6.42. The normalized spacial score (nSPS) is 11.1. The third-order valence-corrected chi connectivity index (χ3v) is 4.25. The molecule has 3 aromatic rings. The zero-order valence-corrected chi connectivity index (χ0v) is 16.6. The van der Waals surface area contributed by atoms with Gasteiger partial charge < -0.3 is 14.6 Å². The van der Waals surface area contributed by atoms with Gasteiger partial charge in [0.15, 0.2) is 5.82 Å². The summed E-state index contributed by atoms with van der Waals surface area (Å²) in [7, 11) is 1.95. The van der Waals surface area contributed by atoms with E-state index >= 15 is 0 Å². The zero-order valence-electron chi connectivity index (χ0n) is 15.8. The predicted molar refractivity (Wildman–Crippen MR) is 109 cm³/mol. The number of rotatable bonds is 8. The molecule has 0 fully saturated rings. The highest BCUT2D eigenvalue weighted by atomic mass is 35.5. The third-order valence-electron chi connectivity index (χ3n) is 4.01. The minimum Gasteiger partial charge on any atom is -0.379 e. The van der Waals surface area contributed by atoms with E-state index in [0.717, 1.165) is 35.6 Å². The fourth-order valence-electron chi connectivity index (χ4n) is 2.69. The van der Waals surface area contributed by atoms with Crippen LogP contribution in [0.2, 0.25) is 5.02 Å². The summed E-state index contributed by atoms with van der Waals surface area (Å²) in [4.78, 5) is 13.7. The van der Waals surface area contributed by atoms with Crippen LogP contribution >= 0.6 is 11.6 Å². The van der Waals surface area contributed by atoms with Crippen LogP contribution in [0, 0.1) is 0 Å². The van der Waals surface area contributed by atoms with Crippen molar-refractivity contribution in [2.45, 2.75) is 26.4 Å². The lowest BCUT2D eigenvalue weighted by Crippen LogP contribution is -2.11. The van der Waals surface area contributed by atoms with Crippen LogP contribution in [0.4, 0.5) is 5.95 Å². The van der Waals surface area contributed by atoms with Crippen LogP contribution in [-0.2, 0) is 11.8 Å². The standard InChI is InChI=1S/C20H24ClN5O/c1-14(2)27-11-5-8-23-20-24-13-17(15-6-4-7-16(21)12-15)18(25-20)19-22-9-10-26(19)3/h4,6-7,9-10,12-14H,5,8,11H2,1-3H3,(H,23,24,25). The first-order chi connectivity index (χ1) is 13.0. The van der Waals surface area contributed by atoms with Crippen LogP contribution in [-0.4, -0.2) is 38.8 Å². The topological polar surface area (TPSA) is 64.9 Å². The summed E-state index contributed by atoms with van der Waals surface area (Å²) in [5.41, 5.74) is 2.61. The van der Waals surface area contributed by atoms with Gasteiger partial charge in [-0.3, -0.25) is 0 Å². The highest BCUT2D eigenvalue weighted by Gasteiger charge is 2.15. The molecule has 6 nitrogen and oxygen atoms in total. The summed E-state index contributed by atoms with van der Waals surface area (Å²) in [5, 5.41) is 3.94. The van der Waals surface area contributed by atoms with Gasteiger partial charge in [0.1, 0.15) is 5.69 Å². The first-order valence-electron chi connectivity index (χ1n) is 9.00. The van der Waals surface area contributed by atoms with Crippen molar-refractivity contribution in [3.05, 3.63) is 47.9 Å². The Morgan fingerprint density at radius 1 is 1.26 bits per heavy atom. The van der Waals surface area contributed by atoms with E-state index in [-0.39, 0.29) is 6.10 Å². The average Bonchev–Trinajstić information content (AvgIpc) is 3.07. The molecular weight excluding hydrogens is 362 g/mol. The largest absolute Gasteiger partial charge is 0.379 e. The summed E-state index contributed by atoms with van der Waals surface area (Å²) in [6, 6.07) is 7.67. The molecule has 0 aliphatic rings. The first-order valence-corrected chi connectivity index (χ1v) is 9.38. The number of ether oxygens (including phenoxy) is 1. The van der Waals surface area contributed by atoms with E-state index in [2.05, 4.69) is 15.3 Å². The summed E-state index contributed by atoms with van der Waals surface area (Å²) >= 11 is 6.17. The first kappa shape index (κ1) is 19.3. The monoisotopic (exact) mass is 385 g/mol. The molecule has 1 aromatic carbocycles. The van der Waals surface area contributed by atoms with Gasteiger partial charge in [0, 0.05) is 49.4 Å². The van der Waals surface area contributed by atoms with Gasteiger partial charge in [-0.25, -0.2) is 15.0 Å². The van der Waals surface area contributed by atoms with Gasteiger partial charge in [-0.15, -0.1) is 0 Å². The predicted octanol–water partition coefficient (Wildman–Crippen LogP) is 4.42. The smallest absolute Gasteiger partial charge is 0.223 e. The van der Waals surface area contributed by atoms with Crippen molar-refractivity contribution in [2.75, 3.05) is 18.5 Å². The van der Waals surface area contributed by atoms with Crippen LogP contribution in [0.5, 0.6) is 0 Å². The Morgan fingerprint density at radius 2 is 2.11 bits per heavy atom. The molecule has 0 saturated carbocycles. The Bertz CT molecular complexity index is 894. The molecule has 0 radical (unpaired) electrons. The number of anilines is 1. The Labute approximate surface area is 164 Å². The number of nitrogens with one attached hydrogen (secondary N) is 1. The molecule has 7 heteroatoms. The molecule has 0 spiro atoms. The van der Waals surface area contributed by atoms with Crippen molar-refractivity contribution in [3.8, 4) is 22.6 Å². The van der Waals surface area contributed by atoms with E-state index in [1.54, 1.807) is 6.20 Å². The lowest BCUT2D eigenvalue weighted by atomic mass is 10.1. The van der Waals surface area contributed by atoms with Crippen molar-refractivity contribution < 1.29 is 4.74 Å². The van der Waals surface area contributed by atoms with Crippen molar-refractivity contribution in [2.24, 2.45) is 7.05 Å². The molecule has 3 rings (SSSR count). The molecular formula is C20H24ClN5O. The van der Waals surface area contributed by atoms with E-state index in [0.29, 0.717) is 17.6 Å². The minimum absolute atomic E-state index is 0.244. The van der Waals surface area contributed by atoms with Gasteiger partial charge in [0.2, 0.25) is 5.95 Å². The maximum absolute atomic E-state index is 6.17. The van der Waals surface area contributed by atoms with Gasteiger partial charge in [0.05, 0.1) is 6.10 Å². The molecule has 142 valence electrons. The maximum Gasteiger partial charge on any atom is 0.223 e. The second kappa shape index (κ2) is 8.97. The van der Waals surface area contributed by atoms with Gasteiger partial charge >= 0.3 is 0 Å². The number of aromatic nitrogens is 4. The number of halogens is 1. The summed E-state index contributed by atoms with van der Waals surface area (Å²) < 4.78 is 7.50. The number of aryl methyl sites for hydroxylation is 1. The lowest BCUT2D eigenvalue weighted by molar-refractivity contribution is 0.0787. The molecule has 0 unspecified atom stereocenters. The molecule has 0 saturated heterocycles. The van der Waals surface area contributed by atoms with Crippen LogP contribution in [0.1, 0.15) is 20.3 Å². The Hall–Kier alpha value is -2.44. The lowest BCUT2D eigenvalue weighted by Gasteiger charge is -2.12. The van der Waals surface area contributed by atoms with Crippen LogP contribution < -0.4 is 5.32 Å². The van der Waals surface area contributed by atoms with Crippen molar-refractivity contribution in [1.29, 1.82) is 0 Å². The minimum atomic E-state index is 0.244. The van der Waals surface area contributed by atoms with Gasteiger partial charge in [0.25, 0.3) is 0 Å². The van der Waals surface area contributed by atoms with Crippen LogP contribution in [0.25, 0.3) is 22.6 Å². The van der Waals surface area contributed by atoms with Crippen molar-refractivity contribution >= 4 is 17.5 Å². The van der Waals surface area contributed by atoms with E-state index in [1.165, 1.54) is 0 Å². The highest BCUT2D eigenvalue weighted by molar-refractivity contribution is 6.30. The van der Waals surface area contributed by atoms with Crippen molar-refractivity contribution in [3.63, 3.8) is 0 Å². The molecule has 2 aromatic heterocycles. The number of hydrogen-bond acceptors (Lipinski definition) is 5. The Balaban J connectivity index is 1.86. The number of benzene rings is 1. The van der Waals surface area contributed by atoms with Gasteiger partial charge in [-0.1, -0.05) is 23.7 Å².